The number of hydrogen-bond donors (Lipinski definition) is 0. The number of benzene rings is 3. The van der Waals surface area contributed by atoms with Gasteiger partial charge in [-0.15, -0.1) is 0 Å². The molecule has 1 unspecified atom stereocenters. The molecule has 2 aliphatic rings. The average Bonchev–Trinajstić information content (AvgIpc) is 2.99. The first-order chi connectivity index (χ1) is 19.8. The van der Waals surface area contributed by atoms with E-state index in [1.54, 1.807) is 21.3 Å². The fourth-order valence-corrected chi connectivity index (χ4v) is 6.19. The Kier molecular flexibility index (Phi) is 8.59. The largest absolute Gasteiger partial charge is 0.496 e. The van der Waals surface area contributed by atoms with Crippen molar-refractivity contribution in [3.8, 4) is 17.2 Å². The maximum atomic E-state index is 14.0. The summed E-state index contributed by atoms with van der Waals surface area (Å²) in [7, 11) is 4.77. The van der Waals surface area contributed by atoms with Crippen LogP contribution in [0.15, 0.2) is 87.5 Å². The van der Waals surface area contributed by atoms with E-state index in [9.17, 15) is 9.59 Å². The number of Topliss-reactive ketones (excluding diaryl/α,β-unsaturated/α-hetero) is 1. The van der Waals surface area contributed by atoms with Crippen molar-refractivity contribution in [2.75, 3.05) is 21.3 Å². The van der Waals surface area contributed by atoms with E-state index in [-0.39, 0.29) is 24.7 Å². The molecular weight excluding hydrogens is 586 g/mol. The minimum absolute atomic E-state index is 0.0461. The second-order valence-corrected chi connectivity index (χ2v) is 11.1. The van der Waals surface area contributed by atoms with Crippen LogP contribution in [0, 0.1) is 5.92 Å². The first-order valence-electron chi connectivity index (χ1n) is 13.4. The molecule has 41 heavy (non-hydrogen) atoms. The lowest BCUT2D eigenvalue weighted by atomic mass is 9.69. The minimum atomic E-state index is -0.776. The summed E-state index contributed by atoms with van der Waals surface area (Å²) in [4.78, 5) is 32.6. The van der Waals surface area contributed by atoms with Crippen molar-refractivity contribution in [1.82, 2.24) is 0 Å². The normalized spacial score (nSPS) is 20.2. The number of nitrogens with zero attached hydrogens (tertiary/aromatic N) is 1. The van der Waals surface area contributed by atoms with Crippen molar-refractivity contribution in [2.45, 2.75) is 38.2 Å². The third kappa shape index (κ3) is 5.79. The van der Waals surface area contributed by atoms with Crippen LogP contribution in [0.1, 0.15) is 48.3 Å². The lowest BCUT2D eigenvalue weighted by molar-refractivity contribution is -0.148. The van der Waals surface area contributed by atoms with E-state index in [0.717, 1.165) is 21.2 Å². The maximum Gasteiger partial charge on any atom is 0.315 e. The summed E-state index contributed by atoms with van der Waals surface area (Å²) in [5.74, 6) is -0.111. The molecule has 1 heterocycles. The zero-order chi connectivity index (χ0) is 29.1. The van der Waals surface area contributed by atoms with Crippen molar-refractivity contribution in [3.63, 3.8) is 0 Å². The zero-order valence-corrected chi connectivity index (χ0v) is 25.1. The average molecular weight is 619 g/mol. The van der Waals surface area contributed by atoms with E-state index >= 15 is 0 Å². The van der Waals surface area contributed by atoms with Gasteiger partial charge in [0.25, 0.3) is 0 Å². The zero-order valence-electron chi connectivity index (χ0n) is 23.5. The van der Waals surface area contributed by atoms with Gasteiger partial charge in [-0.05, 0) is 60.7 Å². The number of methoxy groups -OCH3 is 3. The van der Waals surface area contributed by atoms with Crippen LogP contribution in [0.25, 0.3) is 0 Å². The Morgan fingerprint density at radius 2 is 1.61 bits per heavy atom. The van der Waals surface area contributed by atoms with Gasteiger partial charge in [0.1, 0.15) is 18.3 Å². The Morgan fingerprint density at radius 1 is 0.902 bits per heavy atom. The first-order valence-corrected chi connectivity index (χ1v) is 14.2. The molecule has 3 atom stereocenters. The van der Waals surface area contributed by atoms with Crippen LogP contribution < -0.4 is 14.2 Å². The summed E-state index contributed by atoms with van der Waals surface area (Å²) in [5.41, 5.74) is 4.44. The summed E-state index contributed by atoms with van der Waals surface area (Å²) < 4.78 is 23.3. The highest BCUT2D eigenvalue weighted by atomic mass is 79.9. The van der Waals surface area contributed by atoms with E-state index in [2.05, 4.69) is 15.9 Å². The fraction of sp³-hybridized carbons (Fsp3) is 0.303. The third-order valence-corrected chi connectivity index (χ3v) is 8.27. The number of carbonyl (C=O) groups excluding carboxylic acids is 2. The molecular formula is C33H32BrNO6. The summed E-state index contributed by atoms with van der Waals surface area (Å²) in [6.07, 6.45) is 0.827. The number of halogens is 1. The quantitative estimate of drug-likeness (QED) is 0.259. The van der Waals surface area contributed by atoms with Gasteiger partial charge in [0, 0.05) is 39.4 Å². The van der Waals surface area contributed by atoms with Gasteiger partial charge in [0.15, 0.2) is 17.3 Å². The van der Waals surface area contributed by atoms with Crippen molar-refractivity contribution in [2.24, 2.45) is 10.9 Å². The monoisotopic (exact) mass is 617 g/mol. The summed E-state index contributed by atoms with van der Waals surface area (Å²) in [5, 5.41) is 0. The summed E-state index contributed by atoms with van der Waals surface area (Å²) in [6.45, 7) is 1.97. The van der Waals surface area contributed by atoms with Crippen LogP contribution in [0.2, 0.25) is 0 Å². The minimum Gasteiger partial charge on any atom is -0.496 e. The molecule has 0 fully saturated rings. The highest BCUT2D eigenvalue weighted by Gasteiger charge is 2.46. The molecule has 0 spiro atoms. The van der Waals surface area contributed by atoms with Crippen LogP contribution >= 0.6 is 15.9 Å². The molecule has 0 radical (unpaired) electrons. The van der Waals surface area contributed by atoms with Gasteiger partial charge in [-0.25, -0.2) is 0 Å². The van der Waals surface area contributed by atoms with Crippen molar-refractivity contribution in [3.05, 3.63) is 99.2 Å². The number of esters is 1. The first kappa shape index (κ1) is 28.6. The molecule has 0 aromatic heterocycles. The van der Waals surface area contributed by atoms with E-state index in [4.69, 9.17) is 23.9 Å². The number of ketones is 1. The fourth-order valence-electron chi connectivity index (χ4n) is 5.81. The van der Waals surface area contributed by atoms with E-state index in [1.165, 1.54) is 0 Å². The number of ether oxygens (including phenoxy) is 4. The van der Waals surface area contributed by atoms with Crippen molar-refractivity contribution >= 4 is 33.4 Å². The van der Waals surface area contributed by atoms with Crippen LogP contribution in [0.3, 0.4) is 0 Å². The van der Waals surface area contributed by atoms with Crippen molar-refractivity contribution < 1.29 is 28.5 Å². The summed E-state index contributed by atoms with van der Waals surface area (Å²) in [6, 6.07) is 20.9. The molecule has 0 saturated carbocycles. The maximum absolute atomic E-state index is 14.0. The number of allylic oxidation sites excluding steroid dienone is 2. The van der Waals surface area contributed by atoms with Gasteiger partial charge in [0.2, 0.25) is 0 Å². The molecule has 0 bridgehead atoms. The Morgan fingerprint density at radius 3 is 2.32 bits per heavy atom. The Bertz CT molecular complexity index is 1530. The van der Waals surface area contributed by atoms with Crippen molar-refractivity contribution in [1.29, 1.82) is 0 Å². The molecule has 212 valence electrons. The topological polar surface area (TPSA) is 83.4 Å². The van der Waals surface area contributed by atoms with Gasteiger partial charge in [-0.1, -0.05) is 52.3 Å². The predicted molar refractivity (Wildman–Crippen MR) is 160 cm³/mol. The molecule has 1 aliphatic carbocycles. The molecule has 0 saturated heterocycles. The van der Waals surface area contributed by atoms with Crippen LogP contribution in [0.5, 0.6) is 17.2 Å². The molecule has 8 heteroatoms. The highest BCUT2D eigenvalue weighted by molar-refractivity contribution is 9.10. The van der Waals surface area contributed by atoms with Gasteiger partial charge >= 0.3 is 5.97 Å². The third-order valence-electron chi connectivity index (χ3n) is 7.77. The van der Waals surface area contributed by atoms with E-state index in [0.29, 0.717) is 40.7 Å². The Hall–Kier alpha value is -3.91. The Labute approximate surface area is 248 Å². The molecule has 3 aromatic rings. The second kappa shape index (κ2) is 12.3. The number of aliphatic imine (C=N–C) groups is 1. The lowest BCUT2D eigenvalue weighted by Crippen LogP contribution is -2.38. The standard InChI is InChI=1S/C33H32BrNO6/c1-19-30(33(37)41-18-20-8-6-5-7-9-20)31(24-17-23(34)11-13-27(24)38-2)32-25(35-19)14-22(15-26(32)36)21-10-12-28(39-3)29(16-21)40-4/h5-13,16-17,22,30-31H,14-15,18H2,1-4H3/t22-,30?,31-/m0/s1. The molecule has 0 N–H and O–H groups in total. The van der Waals surface area contributed by atoms with Crippen LogP contribution in [-0.4, -0.2) is 38.8 Å². The number of rotatable bonds is 8. The van der Waals surface area contributed by atoms with Gasteiger partial charge in [-0.3, -0.25) is 14.6 Å². The van der Waals surface area contributed by atoms with Gasteiger partial charge in [0.05, 0.1) is 21.3 Å². The molecule has 5 rings (SSSR count). The molecule has 0 amide bonds. The second-order valence-electron chi connectivity index (χ2n) is 10.2. The molecule has 3 aromatic carbocycles. The van der Waals surface area contributed by atoms with Crippen LogP contribution in [0.4, 0.5) is 0 Å². The Balaban J connectivity index is 1.55. The number of hydrogen-bond acceptors (Lipinski definition) is 7. The van der Waals surface area contributed by atoms with Gasteiger partial charge in [-0.2, -0.15) is 0 Å². The number of carbonyl (C=O) groups is 2. The van der Waals surface area contributed by atoms with E-state index in [1.807, 2.05) is 73.7 Å². The lowest BCUT2D eigenvalue weighted by Gasteiger charge is -2.37. The molecule has 1 aliphatic heterocycles. The van der Waals surface area contributed by atoms with Crippen LogP contribution in [-0.2, 0) is 20.9 Å². The SMILES string of the molecule is COc1ccc([C@@H]2CC(=O)C3=C(C2)N=C(C)C(C(=O)OCc2ccccc2)[C@@H]3c2cc(Br)ccc2OC)cc1OC. The smallest absolute Gasteiger partial charge is 0.315 e. The summed E-state index contributed by atoms with van der Waals surface area (Å²) >= 11 is 3.57. The highest BCUT2D eigenvalue weighted by Crippen LogP contribution is 2.49. The predicted octanol–water partition coefficient (Wildman–Crippen LogP) is 6.79. The molecule has 7 nitrogen and oxygen atoms in total. The van der Waals surface area contributed by atoms with Gasteiger partial charge < -0.3 is 18.9 Å². The van der Waals surface area contributed by atoms with E-state index < -0.39 is 17.8 Å².